The minimum atomic E-state index is -0.0719. The number of carbonyl (C=O) groups is 1. The third-order valence-corrected chi connectivity index (χ3v) is 2.98. The van der Waals surface area contributed by atoms with Crippen molar-refractivity contribution in [1.29, 1.82) is 0 Å². The van der Waals surface area contributed by atoms with Crippen LogP contribution in [0.5, 0.6) is 0 Å². The Morgan fingerprint density at radius 1 is 1.31 bits per heavy atom. The van der Waals surface area contributed by atoms with Crippen LogP contribution in [-0.2, 0) is 0 Å². The van der Waals surface area contributed by atoms with Crippen LogP contribution in [-0.4, -0.2) is 21.9 Å². The third kappa shape index (κ3) is 2.78. The van der Waals surface area contributed by atoms with E-state index >= 15 is 0 Å². The fourth-order valence-electron chi connectivity index (χ4n) is 2.08. The van der Waals surface area contributed by atoms with Crippen LogP contribution in [0.15, 0.2) is 12.4 Å². The van der Waals surface area contributed by atoms with Crippen molar-refractivity contribution in [2.24, 2.45) is 0 Å². The summed E-state index contributed by atoms with van der Waals surface area (Å²) in [6.07, 6.45) is 7.34. The number of aryl methyl sites for hydroxylation is 1. The van der Waals surface area contributed by atoms with Gasteiger partial charge in [-0.2, -0.15) is 0 Å². The van der Waals surface area contributed by atoms with E-state index in [4.69, 9.17) is 0 Å². The predicted molar refractivity (Wildman–Crippen MR) is 61.1 cm³/mol. The van der Waals surface area contributed by atoms with Crippen LogP contribution in [0.1, 0.15) is 48.3 Å². The average molecular weight is 219 g/mol. The molecule has 4 heteroatoms. The van der Waals surface area contributed by atoms with Crippen molar-refractivity contribution >= 4 is 5.91 Å². The molecular formula is C12H17N3O. The van der Waals surface area contributed by atoms with E-state index in [2.05, 4.69) is 15.3 Å². The monoisotopic (exact) mass is 219 g/mol. The fraction of sp³-hybridized carbons (Fsp3) is 0.583. The fourth-order valence-corrected chi connectivity index (χ4v) is 2.08. The van der Waals surface area contributed by atoms with Crippen molar-refractivity contribution in [3.05, 3.63) is 23.8 Å². The van der Waals surface area contributed by atoms with E-state index in [1.165, 1.54) is 25.6 Å². The number of amides is 1. The molecule has 1 fully saturated rings. The first-order chi connectivity index (χ1) is 7.75. The maximum atomic E-state index is 11.9. The molecule has 2 rings (SSSR count). The summed E-state index contributed by atoms with van der Waals surface area (Å²) in [5, 5.41) is 3.03. The normalized spacial score (nSPS) is 17.1. The van der Waals surface area contributed by atoms with Crippen molar-refractivity contribution in [3.8, 4) is 0 Å². The quantitative estimate of drug-likeness (QED) is 0.825. The molecule has 1 aromatic heterocycles. The molecule has 1 amide bonds. The van der Waals surface area contributed by atoms with Crippen LogP contribution >= 0.6 is 0 Å². The van der Waals surface area contributed by atoms with Crippen LogP contribution in [0.4, 0.5) is 0 Å². The van der Waals surface area contributed by atoms with Crippen molar-refractivity contribution in [3.63, 3.8) is 0 Å². The van der Waals surface area contributed by atoms with Gasteiger partial charge < -0.3 is 5.32 Å². The zero-order chi connectivity index (χ0) is 11.4. The Morgan fingerprint density at radius 3 is 2.75 bits per heavy atom. The Kier molecular flexibility index (Phi) is 3.49. The van der Waals surface area contributed by atoms with Gasteiger partial charge in [-0.25, -0.2) is 9.97 Å². The van der Waals surface area contributed by atoms with E-state index in [9.17, 15) is 4.79 Å². The number of nitrogens with zero attached hydrogens (tertiary/aromatic N) is 2. The number of hydrogen-bond donors (Lipinski definition) is 1. The van der Waals surface area contributed by atoms with Gasteiger partial charge in [-0.1, -0.05) is 19.3 Å². The zero-order valence-corrected chi connectivity index (χ0v) is 9.57. The van der Waals surface area contributed by atoms with Crippen molar-refractivity contribution in [2.75, 3.05) is 0 Å². The summed E-state index contributed by atoms with van der Waals surface area (Å²) in [6.45, 7) is 1.86. The first-order valence-electron chi connectivity index (χ1n) is 5.85. The summed E-state index contributed by atoms with van der Waals surface area (Å²) in [5.74, 6) is -0.0719. The van der Waals surface area contributed by atoms with Gasteiger partial charge in [0.1, 0.15) is 12.0 Å². The van der Waals surface area contributed by atoms with Gasteiger partial charge in [0.2, 0.25) is 0 Å². The molecule has 0 radical (unpaired) electrons. The number of rotatable bonds is 2. The van der Waals surface area contributed by atoms with E-state index in [0.29, 0.717) is 11.7 Å². The Hall–Kier alpha value is -1.45. The summed E-state index contributed by atoms with van der Waals surface area (Å²) in [7, 11) is 0. The molecular weight excluding hydrogens is 202 g/mol. The van der Waals surface area contributed by atoms with Gasteiger partial charge in [0.05, 0.1) is 0 Å². The lowest BCUT2D eigenvalue weighted by Gasteiger charge is -2.22. The Bertz CT molecular complexity index is 372. The van der Waals surface area contributed by atoms with Gasteiger partial charge in [-0.3, -0.25) is 4.79 Å². The second kappa shape index (κ2) is 5.05. The molecule has 4 nitrogen and oxygen atoms in total. The van der Waals surface area contributed by atoms with Gasteiger partial charge in [0, 0.05) is 11.7 Å². The molecule has 0 saturated heterocycles. The highest BCUT2D eigenvalue weighted by Crippen LogP contribution is 2.17. The van der Waals surface area contributed by atoms with Crippen LogP contribution < -0.4 is 5.32 Å². The van der Waals surface area contributed by atoms with Crippen molar-refractivity contribution < 1.29 is 4.79 Å². The summed E-state index contributed by atoms with van der Waals surface area (Å²) in [6, 6.07) is 2.05. The zero-order valence-electron chi connectivity index (χ0n) is 9.57. The Labute approximate surface area is 95.5 Å². The van der Waals surface area contributed by atoms with Crippen LogP contribution in [0, 0.1) is 6.92 Å². The highest BCUT2D eigenvalue weighted by Gasteiger charge is 2.17. The number of carbonyl (C=O) groups excluding carboxylic acids is 1. The largest absolute Gasteiger partial charge is 0.348 e. The second-order valence-electron chi connectivity index (χ2n) is 4.35. The Balaban J connectivity index is 1.97. The van der Waals surface area contributed by atoms with Gasteiger partial charge in [0.15, 0.2) is 0 Å². The van der Waals surface area contributed by atoms with Crippen molar-refractivity contribution in [2.45, 2.75) is 45.1 Å². The number of hydrogen-bond acceptors (Lipinski definition) is 3. The smallest absolute Gasteiger partial charge is 0.270 e. The molecule has 0 spiro atoms. The van der Waals surface area contributed by atoms with Crippen LogP contribution in [0.25, 0.3) is 0 Å². The molecule has 1 heterocycles. The lowest BCUT2D eigenvalue weighted by molar-refractivity contribution is 0.0922. The summed E-state index contributed by atoms with van der Waals surface area (Å²) < 4.78 is 0. The standard InChI is InChI=1S/C12H17N3O/c1-9-7-11(14-8-13-9)12(16)15-10-5-3-2-4-6-10/h7-8,10H,2-6H2,1H3,(H,15,16). The summed E-state index contributed by atoms with van der Waals surface area (Å²) in [5.41, 5.74) is 1.29. The molecule has 1 saturated carbocycles. The minimum Gasteiger partial charge on any atom is -0.348 e. The molecule has 0 unspecified atom stereocenters. The first kappa shape index (κ1) is 11.0. The van der Waals surface area contributed by atoms with Crippen LogP contribution in [0.2, 0.25) is 0 Å². The van der Waals surface area contributed by atoms with E-state index in [1.54, 1.807) is 6.07 Å². The maximum absolute atomic E-state index is 11.9. The molecule has 1 aromatic rings. The average Bonchev–Trinajstić information content (AvgIpc) is 2.30. The second-order valence-corrected chi connectivity index (χ2v) is 4.35. The summed E-state index contributed by atoms with van der Waals surface area (Å²) in [4.78, 5) is 19.8. The van der Waals surface area contributed by atoms with Crippen LogP contribution in [0.3, 0.4) is 0 Å². The molecule has 0 aromatic carbocycles. The summed E-state index contributed by atoms with van der Waals surface area (Å²) >= 11 is 0. The van der Waals surface area contributed by atoms with Gasteiger partial charge in [0.25, 0.3) is 5.91 Å². The molecule has 1 N–H and O–H groups in total. The van der Waals surface area contributed by atoms with E-state index in [0.717, 1.165) is 18.5 Å². The molecule has 0 aliphatic heterocycles. The van der Waals surface area contributed by atoms with E-state index in [-0.39, 0.29) is 5.91 Å². The molecule has 86 valence electrons. The topological polar surface area (TPSA) is 54.9 Å². The molecule has 1 aliphatic rings. The number of nitrogens with one attached hydrogen (secondary N) is 1. The van der Waals surface area contributed by atoms with Gasteiger partial charge >= 0.3 is 0 Å². The van der Waals surface area contributed by atoms with E-state index < -0.39 is 0 Å². The molecule has 0 atom stereocenters. The lowest BCUT2D eigenvalue weighted by Crippen LogP contribution is -2.36. The molecule has 0 bridgehead atoms. The lowest BCUT2D eigenvalue weighted by atomic mass is 9.95. The molecule has 1 aliphatic carbocycles. The minimum absolute atomic E-state index is 0.0719. The predicted octanol–water partition coefficient (Wildman–Crippen LogP) is 1.85. The Morgan fingerprint density at radius 2 is 2.06 bits per heavy atom. The first-order valence-corrected chi connectivity index (χ1v) is 5.85. The molecule has 16 heavy (non-hydrogen) atoms. The highest BCUT2D eigenvalue weighted by atomic mass is 16.1. The number of aromatic nitrogens is 2. The van der Waals surface area contributed by atoms with Gasteiger partial charge in [-0.05, 0) is 25.8 Å². The highest BCUT2D eigenvalue weighted by molar-refractivity contribution is 5.92. The van der Waals surface area contributed by atoms with E-state index in [1.807, 2.05) is 6.92 Å². The maximum Gasteiger partial charge on any atom is 0.270 e. The van der Waals surface area contributed by atoms with Gasteiger partial charge in [-0.15, -0.1) is 0 Å². The van der Waals surface area contributed by atoms with Crippen molar-refractivity contribution in [1.82, 2.24) is 15.3 Å². The third-order valence-electron chi connectivity index (χ3n) is 2.98. The SMILES string of the molecule is Cc1cc(C(=O)NC2CCCCC2)ncn1.